The first-order valence-electron chi connectivity index (χ1n) is 10.3. The molecule has 2 aromatic rings. The fraction of sp³-hybridized carbons (Fsp3) is 0.476. The van der Waals surface area contributed by atoms with Gasteiger partial charge in [-0.1, -0.05) is 6.07 Å². The van der Waals surface area contributed by atoms with E-state index in [-0.39, 0.29) is 35.8 Å². The fourth-order valence-electron chi connectivity index (χ4n) is 3.88. The molecule has 4 heterocycles. The summed E-state index contributed by atoms with van der Waals surface area (Å²) in [6, 6.07) is 7.26. The van der Waals surface area contributed by atoms with Crippen LogP contribution < -0.4 is 20.4 Å². The van der Waals surface area contributed by atoms with Crippen molar-refractivity contribution in [3.63, 3.8) is 0 Å². The van der Waals surface area contributed by atoms with Crippen molar-refractivity contribution in [2.45, 2.75) is 19.0 Å². The molecule has 0 bridgehead atoms. The molecule has 0 radical (unpaired) electrons. The average Bonchev–Trinajstić information content (AvgIpc) is 3.26. The maximum atomic E-state index is 14.0. The van der Waals surface area contributed by atoms with Gasteiger partial charge in [0.05, 0.1) is 13.2 Å². The molecule has 2 N–H and O–H groups in total. The summed E-state index contributed by atoms with van der Waals surface area (Å²) >= 11 is 0. The highest BCUT2D eigenvalue weighted by Crippen LogP contribution is 2.21. The van der Waals surface area contributed by atoms with Gasteiger partial charge in [0, 0.05) is 63.8 Å². The van der Waals surface area contributed by atoms with Crippen molar-refractivity contribution >= 4 is 41.6 Å². The molecule has 2 saturated heterocycles. The van der Waals surface area contributed by atoms with Gasteiger partial charge in [0.2, 0.25) is 0 Å². The molecule has 0 amide bonds. The van der Waals surface area contributed by atoms with E-state index in [1.165, 1.54) is 6.07 Å². The van der Waals surface area contributed by atoms with E-state index in [0.717, 1.165) is 56.6 Å². The van der Waals surface area contributed by atoms with Gasteiger partial charge in [0.25, 0.3) is 0 Å². The third kappa shape index (κ3) is 5.94. The summed E-state index contributed by atoms with van der Waals surface area (Å²) < 4.78 is 19.5. The third-order valence-corrected chi connectivity index (χ3v) is 5.42. The first-order chi connectivity index (χ1) is 14.7. The summed E-state index contributed by atoms with van der Waals surface area (Å²) in [6.07, 6.45) is 4.34. The zero-order valence-corrected chi connectivity index (χ0v) is 20.0. The van der Waals surface area contributed by atoms with E-state index in [0.29, 0.717) is 18.9 Å². The Hall–Kier alpha value is -2.21. The predicted molar refractivity (Wildman–Crippen MR) is 131 cm³/mol. The highest BCUT2D eigenvalue weighted by Gasteiger charge is 2.26. The number of morpholine rings is 1. The van der Waals surface area contributed by atoms with Crippen molar-refractivity contribution in [1.29, 1.82) is 0 Å². The molecule has 0 aliphatic carbocycles. The second-order valence-electron chi connectivity index (χ2n) is 7.40. The SMILES string of the molecule is CN=C(NCc1cccnc1N1CCOCC1)NC1CCN(c2ncccc2F)C1.I. The Kier molecular flexibility index (Phi) is 8.64. The van der Waals surface area contributed by atoms with Crippen LogP contribution >= 0.6 is 24.0 Å². The second-order valence-corrected chi connectivity index (χ2v) is 7.40. The number of nitrogens with one attached hydrogen (secondary N) is 2. The molecular formula is C21H29FIN7O. The molecule has 2 aliphatic rings. The van der Waals surface area contributed by atoms with Crippen LogP contribution in [0.25, 0.3) is 0 Å². The molecule has 4 rings (SSSR count). The average molecular weight is 541 g/mol. The Labute approximate surface area is 199 Å². The number of anilines is 2. The van der Waals surface area contributed by atoms with Crippen molar-refractivity contribution < 1.29 is 9.13 Å². The van der Waals surface area contributed by atoms with E-state index < -0.39 is 0 Å². The number of aromatic nitrogens is 2. The van der Waals surface area contributed by atoms with Crippen LogP contribution in [0.3, 0.4) is 0 Å². The van der Waals surface area contributed by atoms with Crippen molar-refractivity contribution in [3.05, 3.63) is 48.0 Å². The van der Waals surface area contributed by atoms with Crippen LogP contribution in [-0.2, 0) is 11.3 Å². The summed E-state index contributed by atoms with van der Waals surface area (Å²) in [5.74, 6) is 1.84. The van der Waals surface area contributed by atoms with Gasteiger partial charge in [-0.2, -0.15) is 0 Å². The van der Waals surface area contributed by atoms with Crippen LogP contribution in [0.5, 0.6) is 0 Å². The van der Waals surface area contributed by atoms with E-state index in [9.17, 15) is 4.39 Å². The van der Waals surface area contributed by atoms with Crippen LogP contribution in [0.4, 0.5) is 16.0 Å². The van der Waals surface area contributed by atoms with Gasteiger partial charge in [-0.3, -0.25) is 4.99 Å². The predicted octanol–water partition coefficient (Wildman–Crippen LogP) is 2.01. The topological polar surface area (TPSA) is 77.9 Å². The van der Waals surface area contributed by atoms with E-state index in [1.807, 2.05) is 17.2 Å². The molecular weight excluding hydrogens is 512 g/mol. The van der Waals surface area contributed by atoms with Crippen LogP contribution in [0.1, 0.15) is 12.0 Å². The van der Waals surface area contributed by atoms with Gasteiger partial charge in [0.1, 0.15) is 5.82 Å². The van der Waals surface area contributed by atoms with Gasteiger partial charge in [-0.15, -0.1) is 24.0 Å². The fourth-order valence-corrected chi connectivity index (χ4v) is 3.88. The molecule has 2 aromatic heterocycles. The molecule has 31 heavy (non-hydrogen) atoms. The lowest BCUT2D eigenvalue weighted by Crippen LogP contribution is -2.44. The maximum absolute atomic E-state index is 14.0. The van der Waals surface area contributed by atoms with Gasteiger partial charge in [-0.05, 0) is 24.6 Å². The van der Waals surface area contributed by atoms with Crippen LogP contribution in [-0.4, -0.2) is 68.4 Å². The first-order valence-corrected chi connectivity index (χ1v) is 10.3. The Morgan fingerprint density at radius 1 is 1.13 bits per heavy atom. The van der Waals surface area contributed by atoms with Crippen LogP contribution in [0.2, 0.25) is 0 Å². The van der Waals surface area contributed by atoms with Crippen molar-refractivity contribution in [2.75, 3.05) is 56.2 Å². The van der Waals surface area contributed by atoms with Crippen LogP contribution in [0.15, 0.2) is 41.7 Å². The molecule has 1 atom stereocenters. The molecule has 0 saturated carbocycles. The molecule has 2 fully saturated rings. The maximum Gasteiger partial charge on any atom is 0.191 e. The first kappa shape index (κ1) is 23.5. The van der Waals surface area contributed by atoms with Gasteiger partial charge >= 0.3 is 0 Å². The van der Waals surface area contributed by atoms with Crippen molar-refractivity contribution in [1.82, 2.24) is 20.6 Å². The number of hydrogen-bond donors (Lipinski definition) is 2. The number of halogens is 2. The molecule has 10 heteroatoms. The number of rotatable bonds is 5. The minimum atomic E-state index is -0.284. The normalized spacial score (nSPS) is 19.2. The molecule has 8 nitrogen and oxygen atoms in total. The zero-order chi connectivity index (χ0) is 20.8. The van der Waals surface area contributed by atoms with Gasteiger partial charge in [-0.25, -0.2) is 14.4 Å². The smallest absolute Gasteiger partial charge is 0.191 e. The third-order valence-electron chi connectivity index (χ3n) is 5.42. The van der Waals surface area contributed by atoms with Crippen LogP contribution in [0, 0.1) is 5.82 Å². The molecule has 0 aromatic carbocycles. The summed E-state index contributed by atoms with van der Waals surface area (Å²) in [5, 5.41) is 6.84. The monoisotopic (exact) mass is 541 g/mol. The summed E-state index contributed by atoms with van der Waals surface area (Å²) in [7, 11) is 1.76. The van der Waals surface area contributed by atoms with Crippen molar-refractivity contribution in [3.8, 4) is 0 Å². The Balaban J connectivity index is 0.00000272. The minimum absolute atomic E-state index is 0. The number of hydrogen-bond acceptors (Lipinski definition) is 6. The number of guanidine groups is 1. The minimum Gasteiger partial charge on any atom is -0.378 e. The van der Waals surface area contributed by atoms with E-state index in [2.05, 4.69) is 36.6 Å². The highest BCUT2D eigenvalue weighted by atomic mass is 127. The quantitative estimate of drug-likeness (QED) is 0.341. The Morgan fingerprint density at radius 3 is 2.61 bits per heavy atom. The van der Waals surface area contributed by atoms with Crippen molar-refractivity contribution in [2.24, 2.45) is 4.99 Å². The standard InChI is InChI=1S/C21H28FN7O.HI/c1-23-21(27-17-6-9-29(15-17)20-18(22)5-3-8-25-20)26-14-16-4-2-7-24-19(16)28-10-12-30-13-11-28;/h2-5,7-8,17H,6,9-15H2,1H3,(H2,23,26,27);1H. The Bertz CT molecular complexity index is 878. The number of ether oxygens (including phenoxy) is 1. The highest BCUT2D eigenvalue weighted by molar-refractivity contribution is 14.0. The van der Waals surface area contributed by atoms with E-state index in [1.54, 1.807) is 19.3 Å². The molecule has 168 valence electrons. The molecule has 0 spiro atoms. The lowest BCUT2D eigenvalue weighted by atomic mass is 10.2. The molecule has 2 aliphatic heterocycles. The number of pyridine rings is 2. The largest absolute Gasteiger partial charge is 0.378 e. The summed E-state index contributed by atoms with van der Waals surface area (Å²) in [4.78, 5) is 17.3. The number of aliphatic imine (C=N–C) groups is 1. The number of nitrogens with zero attached hydrogens (tertiary/aromatic N) is 5. The van der Waals surface area contributed by atoms with E-state index in [4.69, 9.17) is 4.74 Å². The lowest BCUT2D eigenvalue weighted by Gasteiger charge is -2.29. The lowest BCUT2D eigenvalue weighted by molar-refractivity contribution is 0.122. The zero-order valence-electron chi connectivity index (χ0n) is 17.6. The summed E-state index contributed by atoms with van der Waals surface area (Å²) in [6.45, 7) is 5.19. The van der Waals surface area contributed by atoms with Gasteiger partial charge < -0.3 is 25.2 Å². The van der Waals surface area contributed by atoms with Gasteiger partial charge in [0.15, 0.2) is 17.6 Å². The molecule has 1 unspecified atom stereocenters. The second kappa shape index (κ2) is 11.4. The van der Waals surface area contributed by atoms with E-state index >= 15 is 0 Å². The Morgan fingerprint density at radius 2 is 1.87 bits per heavy atom. The summed E-state index contributed by atoms with van der Waals surface area (Å²) in [5.41, 5.74) is 1.12.